The summed E-state index contributed by atoms with van der Waals surface area (Å²) >= 11 is 6.02. The van der Waals surface area contributed by atoms with E-state index in [1.807, 2.05) is 6.07 Å². The van der Waals surface area contributed by atoms with Gasteiger partial charge in [0.05, 0.1) is 25.3 Å². The molecule has 0 bridgehead atoms. The van der Waals surface area contributed by atoms with Gasteiger partial charge >= 0.3 is 0 Å². The predicted molar refractivity (Wildman–Crippen MR) is 68.1 cm³/mol. The number of benzene rings is 1. The van der Waals surface area contributed by atoms with Crippen LogP contribution in [0.2, 0.25) is 5.02 Å². The molecule has 0 aliphatic carbocycles. The van der Waals surface area contributed by atoms with Gasteiger partial charge in [0.1, 0.15) is 11.5 Å². The molecule has 96 valence electrons. The normalized spacial score (nSPS) is 10.3. The number of aliphatic hydroxyl groups excluding tert-OH is 1. The fourth-order valence-electron chi connectivity index (χ4n) is 1.31. The number of nitrogens with one attached hydrogen (secondary N) is 1. The van der Waals surface area contributed by atoms with Crippen molar-refractivity contribution in [3.63, 3.8) is 0 Å². The first-order valence-electron chi connectivity index (χ1n) is 5.56. The minimum atomic E-state index is 0.158. The lowest BCUT2D eigenvalue weighted by molar-refractivity contribution is 0.282. The number of rotatable bonds is 8. The van der Waals surface area contributed by atoms with Crippen LogP contribution in [0.4, 0.5) is 0 Å². The molecule has 0 saturated heterocycles. The maximum atomic E-state index is 8.56. The van der Waals surface area contributed by atoms with Crippen molar-refractivity contribution >= 4 is 11.6 Å². The molecule has 0 heterocycles. The highest BCUT2D eigenvalue weighted by molar-refractivity contribution is 6.32. The zero-order chi connectivity index (χ0) is 12.5. The Bertz CT molecular complexity index is 334. The number of aliphatic hydroxyl groups is 1. The zero-order valence-corrected chi connectivity index (χ0v) is 10.7. The summed E-state index contributed by atoms with van der Waals surface area (Å²) in [6.45, 7) is 2.17. The Morgan fingerprint density at radius 2 is 2.18 bits per heavy atom. The predicted octanol–water partition coefficient (Wildman–Crippen LogP) is 1.70. The van der Waals surface area contributed by atoms with E-state index in [1.165, 1.54) is 0 Å². The Balaban J connectivity index is 2.27. The molecule has 1 aromatic carbocycles. The van der Waals surface area contributed by atoms with E-state index in [4.69, 9.17) is 26.2 Å². The van der Waals surface area contributed by atoms with Crippen molar-refractivity contribution in [1.82, 2.24) is 5.32 Å². The lowest BCUT2D eigenvalue weighted by Crippen LogP contribution is -2.20. The van der Waals surface area contributed by atoms with Gasteiger partial charge in [-0.2, -0.15) is 0 Å². The van der Waals surface area contributed by atoms with E-state index in [0.717, 1.165) is 13.0 Å². The Hall–Kier alpha value is -0.970. The maximum Gasteiger partial charge on any atom is 0.138 e. The van der Waals surface area contributed by atoms with Gasteiger partial charge in [0, 0.05) is 12.6 Å². The molecule has 0 aromatic heterocycles. The second-order valence-corrected chi connectivity index (χ2v) is 3.88. The highest BCUT2D eigenvalue weighted by Gasteiger charge is 2.02. The van der Waals surface area contributed by atoms with E-state index in [9.17, 15) is 0 Å². The van der Waals surface area contributed by atoms with Gasteiger partial charge < -0.3 is 19.9 Å². The fraction of sp³-hybridized carbons (Fsp3) is 0.500. The van der Waals surface area contributed by atoms with Gasteiger partial charge in [-0.25, -0.2) is 0 Å². The quantitative estimate of drug-likeness (QED) is 0.698. The molecule has 0 radical (unpaired) electrons. The summed E-state index contributed by atoms with van der Waals surface area (Å²) in [5.74, 6) is 1.38. The van der Waals surface area contributed by atoms with Gasteiger partial charge in [0.15, 0.2) is 0 Å². The maximum absolute atomic E-state index is 8.56. The molecule has 0 fully saturated rings. The molecule has 17 heavy (non-hydrogen) atoms. The largest absolute Gasteiger partial charge is 0.497 e. The Morgan fingerprint density at radius 1 is 1.35 bits per heavy atom. The first kappa shape index (κ1) is 14.1. The average Bonchev–Trinajstić information content (AvgIpc) is 2.35. The van der Waals surface area contributed by atoms with Crippen LogP contribution in [0.25, 0.3) is 0 Å². The van der Waals surface area contributed by atoms with Gasteiger partial charge in [0.25, 0.3) is 0 Å². The molecule has 0 amide bonds. The SMILES string of the molecule is COc1ccc(OCCCNCCO)c(Cl)c1. The molecule has 1 rings (SSSR count). The van der Waals surface area contributed by atoms with Crippen LogP contribution >= 0.6 is 11.6 Å². The number of hydrogen-bond donors (Lipinski definition) is 2. The first-order chi connectivity index (χ1) is 8.27. The molecule has 0 aliphatic heterocycles. The van der Waals surface area contributed by atoms with Crippen LogP contribution in [0, 0.1) is 0 Å². The van der Waals surface area contributed by atoms with Gasteiger partial charge in [-0.15, -0.1) is 0 Å². The van der Waals surface area contributed by atoms with E-state index in [2.05, 4.69) is 5.32 Å². The van der Waals surface area contributed by atoms with Gasteiger partial charge in [-0.05, 0) is 25.1 Å². The van der Waals surface area contributed by atoms with Crippen molar-refractivity contribution in [1.29, 1.82) is 0 Å². The van der Waals surface area contributed by atoms with E-state index in [0.29, 0.717) is 29.7 Å². The smallest absolute Gasteiger partial charge is 0.138 e. The summed E-state index contributed by atoms with van der Waals surface area (Å²) in [7, 11) is 1.60. The fourth-order valence-corrected chi connectivity index (χ4v) is 1.53. The minimum Gasteiger partial charge on any atom is -0.497 e. The topological polar surface area (TPSA) is 50.7 Å². The highest BCUT2D eigenvalue weighted by atomic mass is 35.5. The third-order valence-electron chi connectivity index (χ3n) is 2.18. The van der Waals surface area contributed by atoms with Crippen LogP contribution in [0.1, 0.15) is 6.42 Å². The molecule has 0 spiro atoms. The van der Waals surface area contributed by atoms with Crippen LogP contribution in [0.15, 0.2) is 18.2 Å². The third kappa shape index (κ3) is 5.26. The monoisotopic (exact) mass is 259 g/mol. The van der Waals surface area contributed by atoms with Crippen molar-refractivity contribution in [2.24, 2.45) is 0 Å². The lowest BCUT2D eigenvalue weighted by atomic mass is 10.3. The number of halogens is 1. The van der Waals surface area contributed by atoms with Crippen molar-refractivity contribution in [2.75, 3.05) is 33.4 Å². The standard InChI is InChI=1S/C12H18ClNO3/c1-16-10-3-4-12(11(13)9-10)17-8-2-5-14-6-7-15/h3-4,9,14-15H,2,5-8H2,1H3. The summed E-state index contributed by atoms with van der Waals surface area (Å²) in [5, 5.41) is 12.2. The van der Waals surface area contributed by atoms with Crippen LogP contribution in [-0.2, 0) is 0 Å². The third-order valence-corrected chi connectivity index (χ3v) is 2.48. The molecule has 5 heteroatoms. The Kier molecular flexibility index (Phi) is 6.77. The minimum absolute atomic E-state index is 0.158. The summed E-state index contributed by atoms with van der Waals surface area (Å²) in [6, 6.07) is 5.33. The molecular weight excluding hydrogens is 242 g/mol. The van der Waals surface area contributed by atoms with Crippen molar-refractivity contribution < 1.29 is 14.6 Å². The van der Waals surface area contributed by atoms with Crippen LogP contribution in [0.3, 0.4) is 0 Å². The Labute approximate surface area is 106 Å². The zero-order valence-electron chi connectivity index (χ0n) is 9.91. The molecule has 0 aliphatic rings. The summed E-state index contributed by atoms with van der Waals surface area (Å²) in [4.78, 5) is 0. The summed E-state index contributed by atoms with van der Waals surface area (Å²) < 4.78 is 10.6. The number of hydrogen-bond acceptors (Lipinski definition) is 4. The summed E-state index contributed by atoms with van der Waals surface area (Å²) in [5.41, 5.74) is 0. The van der Waals surface area contributed by atoms with Crippen molar-refractivity contribution in [3.05, 3.63) is 23.2 Å². The summed E-state index contributed by atoms with van der Waals surface area (Å²) in [6.07, 6.45) is 0.863. The molecule has 4 nitrogen and oxygen atoms in total. The molecule has 0 saturated carbocycles. The van der Waals surface area contributed by atoms with Gasteiger partial charge in [0.2, 0.25) is 0 Å². The van der Waals surface area contributed by atoms with Gasteiger partial charge in [-0.3, -0.25) is 0 Å². The second kappa shape index (κ2) is 8.17. The molecule has 0 atom stereocenters. The van der Waals surface area contributed by atoms with Crippen molar-refractivity contribution in [2.45, 2.75) is 6.42 Å². The molecular formula is C12H18ClNO3. The highest BCUT2D eigenvalue weighted by Crippen LogP contribution is 2.28. The Morgan fingerprint density at radius 3 is 2.82 bits per heavy atom. The number of methoxy groups -OCH3 is 1. The van der Waals surface area contributed by atoms with Crippen LogP contribution in [0.5, 0.6) is 11.5 Å². The first-order valence-corrected chi connectivity index (χ1v) is 5.93. The van der Waals surface area contributed by atoms with Crippen molar-refractivity contribution in [3.8, 4) is 11.5 Å². The molecule has 0 unspecified atom stereocenters. The van der Waals surface area contributed by atoms with Crippen LogP contribution in [-0.4, -0.2) is 38.5 Å². The van der Waals surface area contributed by atoms with E-state index >= 15 is 0 Å². The van der Waals surface area contributed by atoms with Gasteiger partial charge in [-0.1, -0.05) is 11.6 Å². The molecule has 2 N–H and O–H groups in total. The number of ether oxygens (including phenoxy) is 2. The van der Waals surface area contributed by atoms with E-state index in [1.54, 1.807) is 19.2 Å². The van der Waals surface area contributed by atoms with Crippen LogP contribution < -0.4 is 14.8 Å². The molecule has 1 aromatic rings. The second-order valence-electron chi connectivity index (χ2n) is 3.47. The average molecular weight is 260 g/mol. The van der Waals surface area contributed by atoms with E-state index < -0.39 is 0 Å². The van der Waals surface area contributed by atoms with E-state index in [-0.39, 0.29) is 6.61 Å². The lowest BCUT2D eigenvalue weighted by Gasteiger charge is -2.09.